The molecule has 0 unspecified atom stereocenters. The second kappa shape index (κ2) is 8.57. The van der Waals surface area contributed by atoms with Crippen LogP contribution < -0.4 is 11.1 Å². The molecule has 2 aromatic heterocycles. The average molecular weight is 399 g/mol. The molecule has 150 valence electrons. The highest BCUT2D eigenvalue weighted by molar-refractivity contribution is 5.99. The zero-order chi connectivity index (χ0) is 20.9. The summed E-state index contributed by atoms with van der Waals surface area (Å²) >= 11 is 0. The molecule has 0 fully saturated rings. The highest BCUT2D eigenvalue weighted by Gasteiger charge is 2.19. The van der Waals surface area contributed by atoms with Gasteiger partial charge in [0.2, 0.25) is 5.91 Å². The number of H-pyrrole nitrogens is 1. The molecule has 7 heteroatoms. The fourth-order valence-corrected chi connectivity index (χ4v) is 3.28. The van der Waals surface area contributed by atoms with Crippen molar-refractivity contribution in [1.82, 2.24) is 20.3 Å². The highest BCUT2D eigenvalue weighted by Crippen LogP contribution is 2.21. The Kier molecular flexibility index (Phi) is 5.52. The number of hydrogen-bond donors (Lipinski definition) is 3. The first-order chi connectivity index (χ1) is 14.6. The number of nitrogens with one attached hydrogen (secondary N) is 2. The van der Waals surface area contributed by atoms with Crippen molar-refractivity contribution >= 4 is 22.8 Å². The van der Waals surface area contributed by atoms with Gasteiger partial charge in [-0.1, -0.05) is 30.3 Å². The minimum absolute atomic E-state index is 0.353. The van der Waals surface area contributed by atoms with E-state index in [2.05, 4.69) is 20.3 Å². The summed E-state index contributed by atoms with van der Waals surface area (Å²) in [4.78, 5) is 36.3. The van der Waals surface area contributed by atoms with Crippen molar-refractivity contribution in [1.29, 1.82) is 0 Å². The number of nitrogens with zero attached hydrogens (tertiary/aromatic N) is 2. The van der Waals surface area contributed by atoms with E-state index in [9.17, 15) is 9.59 Å². The number of nitrogens with two attached hydrogens (primary N) is 1. The third-order valence-electron chi connectivity index (χ3n) is 4.91. The molecule has 2 amide bonds. The Morgan fingerprint density at radius 3 is 2.53 bits per heavy atom. The van der Waals surface area contributed by atoms with Crippen LogP contribution in [0, 0.1) is 0 Å². The molecule has 4 rings (SSSR count). The first kappa shape index (κ1) is 19.3. The summed E-state index contributed by atoms with van der Waals surface area (Å²) < 4.78 is 0. The van der Waals surface area contributed by atoms with Gasteiger partial charge in [-0.05, 0) is 48.7 Å². The van der Waals surface area contributed by atoms with E-state index in [0.717, 1.165) is 22.2 Å². The molecule has 0 radical (unpaired) electrons. The van der Waals surface area contributed by atoms with Gasteiger partial charge in [0.25, 0.3) is 5.91 Å². The zero-order valence-corrected chi connectivity index (χ0v) is 16.2. The Labute approximate surface area is 173 Å². The van der Waals surface area contributed by atoms with Gasteiger partial charge >= 0.3 is 0 Å². The van der Waals surface area contributed by atoms with Crippen molar-refractivity contribution in [3.63, 3.8) is 0 Å². The predicted molar refractivity (Wildman–Crippen MR) is 115 cm³/mol. The first-order valence-corrected chi connectivity index (χ1v) is 9.64. The highest BCUT2D eigenvalue weighted by atomic mass is 16.2. The van der Waals surface area contributed by atoms with Gasteiger partial charge in [0.15, 0.2) is 0 Å². The Hall–Kier alpha value is -4.00. The second-order valence-electron chi connectivity index (χ2n) is 7.01. The third kappa shape index (κ3) is 4.35. The van der Waals surface area contributed by atoms with Crippen LogP contribution in [0.5, 0.6) is 0 Å². The van der Waals surface area contributed by atoms with Gasteiger partial charge < -0.3 is 16.0 Å². The van der Waals surface area contributed by atoms with Crippen molar-refractivity contribution < 1.29 is 9.59 Å². The number of hydrogen-bond acceptors (Lipinski definition) is 4. The van der Waals surface area contributed by atoms with Crippen LogP contribution in [0.25, 0.3) is 22.4 Å². The van der Waals surface area contributed by atoms with E-state index in [1.807, 2.05) is 42.5 Å². The van der Waals surface area contributed by atoms with Crippen LogP contribution in [0.3, 0.4) is 0 Å². The Bertz CT molecular complexity index is 1170. The summed E-state index contributed by atoms with van der Waals surface area (Å²) in [5.74, 6) is -0.210. The first-order valence-electron chi connectivity index (χ1n) is 9.64. The van der Waals surface area contributed by atoms with Crippen molar-refractivity contribution in [3.05, 3.63) is 84.2 Å². The SMILES string of the molecule is NC(=O)[C@H](CCc1ccccc1)NC(=O)c1ccc2nc(-c3ccncc3)[nH]c2c1. The molecular formula is C23H21N5O2. The largest absolute Gasteiger partial charge is 0.368 e. The number of primary amides is 1. The lowest BCUT2D eigenvalue weighted by molar-refractivity contribution is -0.120. The number of amides is 2. The molecule has 7 nitrogen and oxygen atoms in total. The lowest BCUT2D eigenvalue weighted by atomic mass is 10.0. The molecule has 0 saturated heterocycles. The zero-order valence-electron chi connectivity index (χ0n) is 16.2. The van der Waals surface area contributed by atoms with E-state index in [-0.39, 0.29) is 5.91 Å². The molecule has 0 aliphatic rings. The Balaban J connectivity index is 1.49. The summed E-state index contributed by atoms with van der Waals surface area (Å²) in [6, 6.07) is 17.9. The van der Waals surface area contributed by atoms with Gasteiger partial charge in [-0.25, -0.2) is 4.98 Å². The number of benzene rings is 2. The predicted octanol–water partition coefficient (Wildman–Crippen LogP) is 2.84. The molecule has 30 heavy (non-hydrogen) atoms. The van der Waals surface area contributed by atoms with Gasteiger partial charge in [-0.2, -0.15) is 0 Å². The molecule has 0 spiro atoms. The van der Waals surface area contributed by atoms with E-state index < -0.39 is 11.9 Å². The van der Waals surface area contributed by atoms with Gasteiger partial charge in [-0.15, -0.1) is 0 Å². The lowest BCUT2D eigenvalue weighted by Gasteiger charge is -2.15. The Morgan fingerprint density at radius 1 is 1.03 bits per heavy atom. The van der Waals surface area contributed by atoms with Crippen LogP contribution in [0.15, 0.2) is 73.1 Å². The van der Waals surface area contributed by atoms with Crippen molar-refractivity contribution in [2.75, 3.05) is 0 Å². The number of rotatable bonds is 7. The number of carbonyl (C=O) groups excluding carboxylic acids is 2. The fraction of sp³-hybridized carbons (Fsp3) is 0.130. The smallest absolute Gasteiger partial charge is 0.252 e. The summed E-state index contributed by atoms with van der Waals surface area (Å²) in [6.07, 6.45) is 4.47. The van der Waals surface area contributed by atoms with Crippen molar-refractivity contribution in [2.24, 2.45) is 5.73 Å². The van der Waals surface area contributed by atoms with E-state index in [1.54, 1.807) is 30.6 Å². The van der Waals surface area contributed by atoms with E-state index in [4.69, 9.17) is 5.73 Å². The molecule has 2 heterocycles. The average Bonchev–Trinajstić information content (AvgIpc) is 3.21. The van der Waals surface area contributed by atoms with Gasteiger partial charge in [0.05, 0.1) is 11.0 Å². The van der Waals surface area contributed by atoms with E-state index >= 15 is 0 Å². The topological polar surface area (TPSA) is 114 Å². The molecule has 0 saturated carbocycles. The number of aryl methyl sites for hydroxylation is 1. The number of pyridine rings is 1. The molecule has 0 bridgehead atoms. The monoisotopic (exact) mass is 399 g/mol. The molecule has 4 aromatic rings. The number of imidazole rings is 1. The molecular weight excluding hydrogens is 378 g/mol. The number of fused-ring (bicyclic) bond motifs is 1. The molecule has 0 aliphatic heterocycles. The van der Waals surface area contributed by atoms with Gasteiger partial charge in [0.1, 0.15) is 11.9 Å². The lowest BCUT2D eigenvalue weighted by Crippen LogP contribution is -2.44. The van der Waals surface area contributed by atoms with Crippen LogP contribution in [0.4, 0.5) is 0 Å². The minimum Gasteiger partial charge on any atom is -0.368 e. The quantitative estimate of drug-likeness (QED) is 0.443. The van der Waals surface area contributed by atoms with Gasteiger partial charge in [-0.3, -0.25) is 14.6 Å². The molecule has 1 atom stereocenters. The Morgan fingerprint density at radius 2 is 1.80 bits per heavy atom. The maximum atomic E-state index is 12.7. The summed E-state index contributed by atoms with van der Waals surface area (Å²) in [5, 5.41) is 2.75. The van der Waals surface area contributed by atoms with Crippen LogP contribution in [0.1, 0.15) is 22.3 Å². The van der Waals surface area contributed by atoms with Crippen molar-refractivity contribution in [3.8, 4) is 11.4 Å². The maximum absolute atomic E-state index is 12.7. The standard InChI is InChI=1S/C23H21N5O2/c24-21(29)19(8-6-15-4-2-1-3-5-15)28-23(30)17-7-9-18-20(14-17)27-22(26-18)16-10-12-25-13-11-16/h1-5,7,9-14,19H,6,8H2,(H2,24,29)(H,26,27)(H,28,30)/t19-/m0/s1. The summed E-state index contributed by atoms with van der Waals surface area (Å²) in [5.41, 5.74) is 9.40. The maximum Gasteiger partial charge on any atom is 0.252 e. The summed E-state index contributed by atoms with van der Waals surface area (Å²) in [6.45, 7) is 0. The number of aromatic amines is 1. The molecule has 2 aromatic carbocycles. The fourth-order valence-electron chi connectivity index (χ4n) is 3.28. The minimum atomic E-state index is -0.748. The van der Waals surface area contributed by atoms with E-state index in [1.165, 1.54) is 0 Å². The molecule has 0 aliphatic carbocycles. The molecule has 4 N–H and O–H groups in total. The van der Waals surface area contributed by atoms with E-state index in [0.29, 0.717) is 24.2 Å². The van der Waals surface area contributed by atoms with Crippen LogP contribution in [-0.4, -0.2) is 32.8 Å². The van der Waals surface area contributed by atoms with Gasteiger partial charge in [0, 0.05) is 23.5 Å². The number of aromatic nitrogens is 3. The van der Waals surface area contributed by atoms with Crippen LogP contribution >= 0.6 is 0 Å². The summed E-state index contributed by atoms with van der Waals surface area (Å²) in [7, 11) is 0. The van der Waals surface area contributed by atoms with Crippen molar-refractivity contribution in [2.45, 2.75) is 18.9 Å². The van der Waals surface area contributed by atoms with Crippen LogP contribution in [0.2, 0.25) is 0 Å². The third-order valence-corrected chi connectivity index (χ3v) is 4.91. The number of carbonyl (C=O) groups is 2. The normalized spacial score (nSPS) is 11.9. The van der Waals surface area contributed by atoms with Crippen LogP contribution in [-0.2, 0) is 11.2 Å². The second-order valence-corrected chi connectivity index (χ2v) is 7.01.